The average Bonchev–Trinajstić information content (AvgIpc) is 2.98. The van der Waals surface area contributed by atoms with Crippen molar-refractivity contribution in [3.8, 4) is 0 Å². The summed E-state index contributed by atoms with van der Waals surface area (Å²) < 4.78 is 0. The Morgan fingerprint density at radius 1 is 1.10 bits per heavy atom. The average molecular weight is 286 g/mol. The molecule has 3 atom stereocenters. The lowest BCUT2D eigenvalue weighted by molar-refractivity contribution is 0.276. The van der Waals surface area contributed by atoms with E-state index in [9.17, 15) is 0 Å². The van der Waals surface area contributed by atoms with Crippen molar-refractivity contribution < 1.29 is 0 Å². The van der Waals surface area contributed by atoms with Gasteiger partial charge in [0.25, 0.3) is 0 Å². The topological polar surface area (TPSA) is 15.3 Å². The van der Waals surface area contributed by atoms with Crippen molar-refractivity contribution in [1.29, 1.82) is 0 Å². The molecule has 116 valence electrons. The van der Waals surface area contributed by atoms with Crippen LogP contribution in [0.1, 0.15) is 51.5 Å². The Morgan fingerprint density at radius 3 is 2.52 bits per heavy atom. The van der Waals surface area contributed by atoms with Gasteiger partial charge in [0, 0.05) is 30.5 Å². The molecule has 1 N–H and O–H groups in total. The summed E-state index contributed by atoms with van der Waals surface area (Å²) in [4.78, 5) is 2.52. The third-order valence-electron chi connectivity index (χ3n) is 5.45. The van der Waals surface area contributed by atoms with Gasteiger partial charge in [0.05, 0.1) is 0 Å². The zero-order valence-corrected chi connectivity index (χ0v) is 13.9. The lowest BCUT2D eigenvalue weighted by atomic mass is 9.80. The third kappa shape index (κ3) is 3.36. The van der Waals surface area contributed by atoms with Crippen molar-refractivity contribution in [2.75, 3.05) is 23.3 Å². The summed E-state index contributed by atoms with van der Waals surface area (Å²) in [7, 11) is 0. The molecule has 1 aromatic rings. The maximum absolute atomic E-state index is 3.82. The zero-order chi connectivity index (χ0) is 14.8. The summed E-state index contributed by atoms with van der Waals surface area (Å²) in [5.41, 5.74) is 4.13. The quantitative estimate of drug-likeness (QED) is 0.856. The smallest absolute Gasteiger partial charge is 0.0373 e. The van der Waals surface area contributed by atoms with E-state index in [0.29, 0.717) is 6.04 Å². The second-order valence-electron chi connectivity index (χ2n) is 7.34. The van der Waals surface area contributed by atoms with Crippen molar-refractivity contribution >= 4 is 11.4 Å². The van der Waals surface area contributed by atoms with Crippen LogP contribution in [0.25, 0.3) is 0 Å². The molecule has 0 spiro atoms. The van der Waals surface area contributed by atoms with Gasteiger partial charge >= 0.3 is 0 Å². The van der Waals surface area contributed by atoms with Gasteiger partial charge in [0.1, 0.15) is 0 Å². The summed E-state index contributed by atoms with van der Waals surface area (Å²) in [6.07, 6.45) is 6.73. The first kappa shape index (κ1) is 14.7. The molecule has 0 amide bonds. The van der Waals surface area contributed by atoms with Crippen LogP contribution in [0.15, 0.2) is 18.2 Å². The maximum atomic E-state index is 3.82. The SMILES string of the molecule is Cc1cc(N2CCCC2)ccc1NC1CCC(C)CC1C. The molecule has 2 nitrogen and oxygen atoms in total. The summed E-state index contributed by atoms with van der Waals surface area (Å²) in [6.45, 7) is 9.50. The highest BCUT2D eigenvalue weighted by Gasteiger charge is 2.25. The van der Waals surface area contributed by atoms with Gasteiger partial charge in [-0.15, -0.1) is 0 Å². The molecule has 2 fully saturated rings. The summed E-state index contributed by atoms with van der Waals surface area (Å²) in [6, 6.07) is 7.62. The van der Waals surface area contributed by atoms with Crippen LogP contribution < -0.4 is 10.2 Å². The van der Waals surface area contributed by atoms with Crippen molar-refractivity contribution in [2.45, 2.75) is 58.9 Å². The molecule has 1 saturated heterocycles. The maximum Gasteiger partial charge on any atom is 0.0373 e. The van der Waals surface area contributed by atoms with Crippen LogP contribution in [-0.4, -0.2) is 19.1 Å². The molecule has 0 bridgehead atoms. The van der Waals surface area contributed by atoms with Crippen molar-refractivity contribution in [3.63, 3.8) is 0 Å². The standard InChI is InChI=1S/C19H30N2/c1-14-6-8-18(15(2)12-14)20-19-9-7-17(13-16(19)3)21-10-4-5-11-21/h7,9,13-15,18,20H,4-6,8,10-12H2,1-3H3. The Bertz CT molecular complexity index is 476. The van der Waals surface area contributed by atoms with E-state index < -0.39 is 0 Å². The van der Waals surface area contributed by atoms with Crippen LogP contribution in [0.4, 0.5) is 11.4 Å². The number of aryl methyl sites for hydroxylation is 1. The fourth-order valence-electron chi connectivity index (χ4n) is 4.06. The fraction of sp³-hybridized carbons (Fsp3) is 0.684. The minimum atomic E-state index is 0.650. The highest BCUT2D eigenvalue weighted by molar-refractivity contribution is 5.61. The molecular formula is C19H30N2. The van der Waals surface area contributed by atoms with Crippen LogP contribution in [0.2, 0.25) is 0 Å². The summed E-state index contributed by atoms with van der Waals surface area (Å²) >= 11 is 0. The van der Waals surface area contributed by atoms with Crippen LogP contribution in [0, 0.1) is 18.8 Å². The van der Waals surface area contributed by atoms with Gasteiger partial charge in [-0.3, -0.25) is 0 Å². The van der Waals surface area contributed by atoms with Gasteiger partial charge in [-0.1, -0.05) is 13.8 Å². The van der Waals surface area contributed by atoms with E-state index in [4.69, 9.17) is 0 Å². The highest BCUT2D eigenvalue weighted by Crippen LogP contribution is 2.32. The number of hydrogen-bond acceptors (Lipinski definition) is 2. The molecule has 1 heterocycles. The normalized spacial score (nSPS) is 29.7. The monoisotopic (exact) mass is 286 g/mol. The van der Waals surface area contributed by atoms with Gasteiger partial charge in [0.2, 0.25) is 0 Å². The van der Waals surface area contributed by atoms with Crippen molar-refractivity contribution in [2.24, 2.45) is 11.8 Å². The van der Waals surface area contributed by atoms with Crippen molar-refractivity contribution in [3.05, 3.63) is 23.8 Å². The van der Waals surface area contributed by atoms with Gasteiger partial charge in [-0.2, -0.15) is 0 Å². The minimum absolute atomic E-state index is 0.650. The van der Waals surface area contributed by atoms with Crippen LogP contribution in [0.5, 0.6) is 0 Å². The largest absolute Gasteiger partial charge is 0.382 e. The minimum Gasteiger partial charge on any atom is -0.382 e. The number of anilines is 2. The first-order valence-corrected chi connectivity index (χ1v) is 8.75. The Kier molecular flexibility index (Phi) is 4.42. The molecule has 2 aliphatic rings. The third-order valence-corrected chi connectivity index (χ3v) is 5.45. The predicted octanol–water partition coefficient (Wildman–Crippen LogP) is 4.83. The fourth-order valence-corrected chi connectivity index (χ4v) is 4.06. The highest BCUT2D eigenvalue weighted by atomic mass is 15.1. The molecule has 1 aliphatic heterocycles. The first-order valence-electron chi connectivity index (χ1n) is 8.75. The number of hydrogen-bond donors (Lipinski definition) is 1. The second kappa shape index (κ2) is 6.29. The summed E-state index contributed by atoms with van der Waals surface area (Å²) in [5.74, 6) is 1.68. The van der Waals surface area contributed by atoms with Gasteiger partial charge in [-0.25, -0.2) is 0 Å². The number of nitrogens with one attached hydrogen (secondary N) is 1. The summed E-state index contributed by atoms with van der Waals surface area (Å²) in [5, 5.41) is 3.82. The number of nitrogens with zero attached hydrogens (tertiary/aromatic N) is 1. The number of benzene rings is 1. The molecule has 3 unspecified atom stereocenters. The van der Waals surface area contributed by atoms with Crippen molar-refractivity contribution in [1.82, 2.24) is 0 Å². The molecule has 1 saturated carbocycles. The molecule has 2 heteroatoms. The second-order valence-corrected chi connectivity index (χ2v) is 7.34. The van der Waals surface area contributed by atoms with E-state index in [2.05, 4.69) is 49.2 Å². The van der Waals surface area contributed by atoms with E-state index in [1.165, 1.54) is 62.1 Å². The van der Waals surface area contributed by atoms with Gasteiger partial charge in [0.15, 0.2) is 0 Å². The van der Waals surface area contributed by atoms with E-state index >= 15 is 0 Å². The lowest BCUT2D eigenvalue weighted by Gasteiger charge is -2.34. The molecule has 0 radical (unpaired) electrons. The Balaban J connectivity index is 1.68. The zero-order valence-electron chi connectivity index (χ0n) is 13.9. The Hall–Kier alpha value is -1.18. The van der Waals surface area contributed by atoms with Gasteiger partial charge < -0.3 is 10.2 Å². The Morgan fingerprint density at radius 2 is 1.86 bits per heavy atom. The van der Waals surface area contributed by atoms with Crippen LogP contribution in [0.3, 0.4) is 0 Å². The van der Waals surface area contributed by atoms with E-state index in [1.807, 2.05) is 0 Å². The van der Waals surface area contributed by atoms with E-state index in [0.717, 1.165) is 11.8 Å². The number of rotatable bonds is 3. The van der Waals surface area contributed by atoms with Crippen LogP contribution in [-0.2, 0) is 0 Å². The molecule has 1 aromatic carbocycles. The predicted molar refractivity (Wildman–Crippen MR) is 92.2 cm³/mol. The molecular weight excluding hydrogens is 256 g/mol. The van der Waals surface area contributed by atoms with E-state index in [-0.39, 0.29) is 0 Å². The first-order chi connectivity index (χ1) is 10.1. The molecule has 21 heavy (non-hydrogen) atoms. The Labute approximate surface area is 129 Å². The molecule has 0 aromatic heterocycles. The van der Waals surface area contributed by atoms with E-state index in [1.54, 1.807) is 0 Å². The van der Waals surface area contributed by atoms with Crippen LogP contribution >= 0.6 is 0 Å². The lowest BCUT2D eigenvalue weighted by Crippen LogP contribution is -2.33. The molecule has 1 aliphatic carbocycles. The van der Waals surface area contributed by atoms with Gasteiger partial charge in [-0.05, 0) is 74.6 Å². The molecule has 3 rings (SSSR count).